The second kappa shape index (κ2) is 5.23. The molecule has 2 rings (SSSR count). The van der Waals surface area contributed by atoms with Crippen molar-refractivity contribution in [2.75, 3.05) is 0 Å². The normalized spacial score (nSPS) is 10.0. The number of ketones is 1. The number of rotatable bonds is 4. The van der Waals surface area contributed by atoms with Gasteiger partial charge in [0.25, 0.3) is 0 Å². The summed E-state index contributed by atoms with van der Waals surface area (Å²) in [6, 6.07) is 9.96. The van der Waals surface area contributed by atoms with Crippen LogP contribution in [-0.2, 0) is 11.2 Å². The van der Waals surface area contributed by atoms with Crippen LogP contribution in [0.4, 0.5) is 0 Å². The van der Waals surface area contributed by atoms with Gasteiger partial charge in [0.05, 0.1) is 6.42 Å². The maximum absolute atomic E-state index is 12.0. The summed E-state index contributed by atoms with van der Waals surface area (Å²) >= 11 is 0. The van der Waals surface area contributed by atoms with Crippen molar-refractivity contribution in [2.24, 2.45) is 0 Å². The number of carbonyl (C=O) groups excluding carboxylic acids is 1. The maximum Gasteiger partial charge on any atom is 0.307 e. The quantitative estimate of drug-likeness (QED) is 0.830. The molecule has 0 fully saturated rings. The van der Waals surface area contributed by atoms with Crippen LogP contribution in [0.1, 0.15) is 21.5 Å². The van der Waals surface area contributed by atoms with Gasteiger partial charge in [-0.15, -0.1) is 0 Å². The molecule has 1 heterocycles. The summed E-state index contributed by atoms with van der Waals surface area (Å²) in [7, 11) is 0. The molecule has 1 N–H and O–H groups in total. The fourth-order valence-electron chi connectivity index (χ4n) is 1.61. The number of carboxylic acids is 1. The van der Waals surface area contributed by atoms with Crippen LogP contribution in [0.25, 0.3) is 0 Å². The van der Waals surface area contributed by atoms with Crippen molar-refractivity contribution in [3.05, 3.63) is 65.5 Å². The number of aromatic nitrogens is 1. The van der Waals surface area contributed by atoms with Gasteiger partial charge in [0.15, 0.2) is 5.78 Å². The lowest BCUT2D eigenvalue weighted by Crippen LogP contribution is -2.03. The second-order valence-electron chi connectivity index (χ2n) is 3.84. The van der Waals surface area contributed by atoms with Gasteiger partial charge in [-0.05, 0) is 17.7 Å². The summed E-state index contributed by atoms with van der Waals surface area (Å²) in [5.74, 6) is -1.01. The Balaban J connectivity index is 2.20. The summed E-state index contributed by atoms with van der Waals surface area (Å²) < 4.78 is 0. The van der Waals surface area contributed by atoms with Crippen LogP contribution in [0.5, 0.6) is 0 Å². The highest BCUT2D eigenvalue weighted by molar-refractivity contribution is 6.08. The number of nitrogens with zero attached hydrogens (tertiary/aromatic N) is 1. The van der Waals surface area contributed by atoms with Crippen molar-refractivity contribution < 1.29 is 14.7 Å². The zero-order valence-corrected chi connectivity index (χ0v) is 9.54. The largest absolute Gasteiger partial charge is 0.481 e. The third-order valence-corrected chi connectivity index (χ3v) is 2.50. The van der Waals surface area contributed by atoms with Crippen LogP contribution in [0.2, 0.25) is 0 Å². The molecule has 4 heteroatoms. The summed E-state index contributed by atoms with van der Waals surface area (Å²) in [5, 5.41) is 8.65. The Bertz CT molecular complexity index is 561. The highest BCUT2D eigenvalue weighted by Crippen LogP contribution is 2.10. The van der Waals surface area contributed by atoms with Crippen LogP contribution < -0.4 is 0 Å². The lowest BCUT2D eigenvalue weighted by molar-refractivity contribution is -0.136. The molecule has 1 aromatic heterocycles. The molecule has 0 aliphatic heterocycles. The molecule has 18 heavy (non-hydrogen) atoms. The molecule has 4 nitrogen and oxygen atoms in total. The first-order valence-corrected chi connectivity index (χ1v) is 5.42. The predicted octanol–water partition coefficient (Wildman–Crippen LogP) is 1.94. The molecular formula is C14H11NO3. The Hall–Kier alpha value is -2.49. The Kier molecular flexibility index (Phi) is 3.48. The van der Waals surface area contributed by atoms with Gasteiger partial charge in [0.2, 0.25) is 0 Å². The van der Waals surface area contributed by atoms with Gasteiger partial charge in [-0.1, -0.05) is 24.3 Å². The molecule has 1 aromatic carbocycles. The van der Waals surface area contributed by atoms with Gasteiger partial charge in [-0.25, -0.2) is 0 Å². The van der Waals surface area contributed by atoms with E-state index >= 15 is 0 Å². The zero-order chi connectivity index (χ0) is 13.0. The third kappa shape index (κ3) is 2.79. The standard InChI is InChI=1S/C14H11NO3/c16-13(17)8-10-3-5-11(6-4-10)14(18)12-2-1-7-15-9-12/h1-7,9H,8H2,(H,16,17). The van der Waals surface area contributed by atoms with E-state index in [4.69, 9.17) is 5.11 Å². The van der Waals surface area contributed by atoms with Crippen LogP contribution in [0.15, 0.2) is 48.8 Å². The predicted molar refractivity (Wildman–Crippen MR) is 65.5 cm³/mol. The van der Waals surface area contributed by atoms with E-state index in [-0.39, 0.29) is 12.2 Å². The molecule has 0 aliphatic rings. The fraction of sp³-hybridized carbons (Fsp3) is 0.0714. The minimum absolute atomic E-state index is 0.0403. The number of benzene rings is 1. The molecule has 0 unspecified atom stereocenters. The highest BCUT2D eigenvalue weighted by atomic mass is 16.4. The first-order chi connectivity index (χ1) is 8.66. The number of carbonyl (C=O) groups is 2. The topological polar surface area (TPSA) is 67.3 Å². The van der Waals surface area contributed by atoms with Crippen molar-refractivity contribution in [3.63, 3.8) is 0 Å². The van der Waals surface area contributed by atoms with Crippen LogP contribution in [-0.4, -0.2) is 21.8 Å². The van der Waals surface area contributed by atoms with Crippen molar-refractivity contribution in [1.82, 2.24) is 4.98 Å². The minimum atomic E-state index is -0.888. The van der Waals surface area contributed by atoms with Crippen molar-refractivity contribution in [1.29, 1.82) is 0 Å². The van der Waals surface area contributed by atoms with E-state index in [0.29, 0.717) is 16.7 Å². The Morgan fingerprint density at radius 1 is 1.06 bits per heavy atom. The van der Waals surface area contributed by atoms with Crippen molar-refractivity contribution >= 4 is 11.8 Å². The van der Waals surface area contributed by atoms with E-state index < -0.39 is 5.97 Å². The van der Waals surface area contributed by atoms with E-state index in [1.54, 1.807) is 42.6 Å². The van der Waals surface area contributed by atoms with Crippen molar-refractivity contribution in [2.45, 2.75) is 6.42 Å². The minimum Gasteiger partial charge on any atom is -0.481 e. The molecule has 0 radical (unpaired) electrons. The lowest BCUT2D eigenvalue weighted by atomic mass is 10.0. The molecular weight excluding hydrogens is 230 g/mol. The average molecular weight is 241 g/mol. The number of carboxylic acid groups (broad SMARTS) is 1. The number of pyridine rings is 1. The molecule has 2 aromatic rings. The lowest BCUT2D eigenvalue weighted by Gasteiger charge is -2.02. The molecule has 0 atom stereocenters. The number of aliphatic carboxylic acids is 1. The second-order valence-corrected chi connectivity index (χ2v) is 3.84. The van der Waals surface area contributed by atoms with E-state index in [1.807, 2.05) is 0 Å². The van der Waals surface area contributed by atoms with Gasteiger partial charge < -0.3 is 5.11 Å². The van der Waals surface area contributed by atoms with Crippen molar-refractivity contribution in [3.8, 4) is 0 Å². The highest BCUT2D eigenvalue weighted by Gasteiger charge is 2.09. The molecule has 90 valence electrons. The SMILES string of the molecule is O=C(O)Cc1ccc(C(=O)c2cccnc2)cc1. The molecule has 0 bridgehead atoms. The smallest absolute Gasteiger partial charge is 0.307 e. The summed E-state index contributed by atoms with van der Waals surface area (Å²) in [6.45, 7) is 0. The van der Waals surface area contributed by atoms with Gasteiger partial charge >= 0.3 is 5.97 Å². The van der Waals surface area contributed by atoms with Gasteiger partial charge in [-0.3, -0.25) is 14.6 Å². The molecule has 0 saturated carbocycles. The molecule has 0 spiro atoms. The number of hydrogen-bond donors (Lipinski definition) is 1. The first kappa shape index (κ1) is 12.0. The molecule has 0 aliphatic carbocycles. The zero-order valence-electron chi connectivity index (χ0n) is 9.54. The van der Waals surface area contributed by atoms with E-state index in [0.717, 1.165) is 0 Å². The average Bonchev–Trinajstić information content (AvgIpc) is 2.39. The Morgan fingerprint density at radius 2 is 1.78 bits per heavy atom. The van der Waals surface area contributed by atoms with Crippen LogP contribution in [0.3, 0.4) is 0 Å². The van der Waals surface area contributed by atoms with Gasteiger partial charge in [0, 0.05) is 23.5 Å². The number of hydrogen-bond acceptors (Lipinski definition) is 3. The van der Waals surface area contributed by atoms with Crippen LogP contribution in [0, 0.1) is 0 Å². The summed E-state index contributed by atoms with van der Waals surface area (Å²) in [5.41, 5.74) is 1.71. The van der Waals surface area contributed by atoms with E-state index in [9.17, 15) is 9.59 Å². The molecule has 0 saturated heterocycles. The Morgan fingerprint density at radius 3 is 2.33 bits per heavy atom. The maximum atomic E-state index is 12.0. The third-order valence-electron chi connectivity index (χ3n) is 2.50. The van der Waals surface area contributed by atoms with Crippen LogP contribution >= 0.6 is 0 Å². The van der Waals surface area contributed by atoms with Gasteiger partial charge in [0.1, 0.15) is 0 Å². The molecule has 0 amide bonds. The van der Waals surface area contributed by atoms with E-state index in [2.05, 4.69) is 4.98 Å². The van der Waals surface area contributed by atoms with E-state index in [1.165, 1.54) is 6.20 Å². The summed E-state index contributed by atoms with van der Waals surface area (Å²) in [6.07, 6.45) is 3.07. The monoisotopic (exact) mass is 241 g/mol. The summed E-state index contributed by atoms with van der Waals surface area (Å²) in [4.78, 5) is 26.4. The fourth-order valence-corrected chi connectivity index (χ4v) is 1.61. The Labute approximate surface area is 104 Å². The first-order valence-electron chi connectivity index (χ1n) is 5.42. The van der Waals surface area contributed by atoms with Gasteiger partial charge in [-0.2, -0.15) is 0 Å².